The lowest BCUT2D eigenvalue weighted by atomic mass is 9.85. The van der Waals surface area contributed by atoms with Gasteiger partial charge in [-0.05, 0) is 54.4 Å². The molecule has 0 radical (unpaired) electrons. The monoisotopic (exact) mass is 476 g/mol. The lowest BCUT2D eigenvalue weighted by Gasteiger charge is -2.29. The Kier molecular flexibility index (Phi) is 6.75. The maximum absolute atomic E-state index is 13.0. The summed E-state index contributed by atoms with van der Waals surface area (Å²) in [5.74, 6) is -1.61. The highest BCUT2D eigenvalue weighted by atomic mass is 16.5. The number of carbonyl (C=O) groups excluding carboxylic acids is 2. The van der Waals surface area contributed by atoms with Crippen molar-refractivity contribution in [3.63, 3.8) is 0 Å². The van der Waals surface area contributed by atoms with E-state index in [0.29, 0.717) is 19.3 Å². The number of rotatable bonds is 6. The van der Waals surface area contributed by atoms with Crippen molar-refractivity contribution >= 4 is 18.0 Å². The maximum atomic E-state index is 13.0. The summed E-state index contributed by atoms with van der Waals surface area (Å²) in [7, 11) is 0. The number of nitrogens with one attached hydrogen (secondary N) is 2. The number of amides is 2. The molecule has 2 aromatic rings. The lowest BCUT2D eigenvalue weighted by Crippen LogP contribution is -2.48. The minimum Gasteiger partial charge on any atom is -0.481 e. The van der Waals surface area contributed by atoms with Gasteiger partial charge in [-0.25, -0.2) is 4.79 Å². The highest BCUT2D eigenvalue weighted by Gasteiger charge is 2.37. The summed E-state index contributed by atoms with van der Waals surface area (Å²) in [6.07, 6.45) is 4.52. The van der Waals surface area contributed by atoms with E-state index in [1.807, 2.05) is 24.3 Å². The molecule has 3 aliphatic carbocycles. The number of hydrogen-bond donors (Lipinski definition) is 3. The molecule has 35 heavy (non-hydrogen) atoms. The lowest BCUT2D eigenvalue weighted by molar-refractivity contribution is -0.143. The molecule has 0 unspecified atom stereocenters. The normalized spacial score (nSPS) is 25.4. The van der Waals surface area contributed by atoms with Gasteiger partial charge < -0.3 is 20.5 Å². The average molecular weight is 477 g/mol. The molecule has 0 aromatic heterocycles. The topological polar surface area (TPSA) is 105 Å². The Morgan fingerprint density at radius 1 is 0.857 bits per heavy atom. The van der Waals surface area contributed by atoms with Crippen LogP contribution in [0.3, 0.4) is 0 Å². The zero-order valence-corrected chi connectivity index (χ0v) is 19.7. The van der Waals surface area contributed by atoms with Crippen molar-refractivity contribution in [1.29, 1.82) is 0 Å². The van der Waals surface area contributed by atoms with Crippen LogP contribution in [0.4, 0.5) is 4.79 Å². The molecule has 7 heteroatoms. The molecule has 0 aliphatic heterocycles. The predicted octanol–water partition coefficient (Wildman–Crippen LogP) is 4.45. The van der Waals surface area contributed by atoms with Crippen molar-refractivity contribution in [2.45, 2.75) is 62.9 Å². The van der Waals surface area contributed by atoms with Crippen LogP contribution in [-0.2, 0) is 14.3 Å². The van der Waals surface area contributed by atoms with Crippen LogP contribution in [0.5, 0.6) is 0 Å². The van der Waals surface area contributed by atoms with Gasteiger partial charge in [0.2, 0.25) is 5.91 Å². The van der Waals surface area contributed by atoms with Gasteiger partial charge in [0.1, 0.15) is 6.61 Å². The fourth-order valence-electron chi connectivity index (χ4n) is 6.09. The third-order valence-corrected chi connectivity index (χ3v) is 7.87. The van der Waals surface area contributed by atoms with Gasteiger partial charge in [-0.15, -0.1) is 0 Å². The van der Waals surface area contributed by atoms with Crippen molar-refractivity contribution in [2.75, 3.05) is 6.61 Å². The zero-order valence-electron chi connectivity index (χ0n) is 19.7. The molecular weight excluding hydrogens is 444 g/mol. The molecule has 7 nitrogen and oxygen atoms in total. The van der Waals surface area contributed by atoms with Crippen molar-refractivity contribution in [3.05, 3.63) is 59.7 Å². The zero-order chi connectivity index (χ0) is 24.4. The predicted molar refractivity (Wildman–Crippen MR) is 131 cm³/mol. The molecule has 2 amide bonds. The van der Waals surface area contributed by atoms with Gasteiger partial charge in [0.25, 0.3) is 0 Å². The van der Waals surface area contributed by atoms with E-state index in [2.05, 4.69) is 34.9 Å². The number of fused-ring (bicyclic) bond motifs is 3. The first-order valence-electron chi connectivity index (χ1n) is 12.7. The second-order valence-electron chi connectivity index (χ2n) is 10.0. The summed E-state index contributed by atoms with van der Waals surface area (Å²) in [4.78, 5) is 37.0. The number of alkyl carbamates (subject to hydrolysis) is 1. The fourth-order valence-corrected chi connectivity index (χ4v) is 6.09. The number of ether oxygens (including phenoxy) is 1. The van der Waals surface area contributed by atoms with Crippen molar-refractivity contribution in [2.24, 2.45) is 11.8 Å². The smallest absolute Gasteiger partial charge is 0.407 e. The molecule has 5 rings (SSSR count). The summed E-state index contributed by atoms with van der Waals surface area (Å²) in [5.41, 5.74) is 4.67. The molecule has 2 aromatic carbocycles. The van der Waals surface area contributed by atoms with Gasteiger partial charge in [0.05, 0.1) is 11.8 Å². The largest absolute Gasteiger partial charge is 0.481 e. The van der Waals surface area contributed by atoms with E-state index in [0.717, 1.165) is 36.8 Å². The van der Waals surface area contributed by atoms with Crippen LogP contribution in [0.25, 0.3) is 11.1 Å². The first-order valence-corrected chi connectivity index (χ1v) is 12.7. The Morgan fingerprint density at radius 2 is 1.51 bits per heavy atom. The Bertz CT molecular complexity index is 1070. The molecule has 0 heterocycles. The minimum absolute atomic E-state index is 0.00990. The molecule has 3 N–H and O–H groups in total. The van der Waals surface area contributed by atoms with E-state index in [1.165, 1.54) is 11.1 Å². The summed E-state index contributed by atoms with van der Waals surface area (Å²) in [5, 5.41) is 15.3. The Balaban J connectivity index is 1.17. The minimum atomic E-state index is -0.792. The van der Waals surface area contributed by atoms with Gasteiger partial charge in [-0.3, -0.25) is 9.59 Å². The first-order chi connectivity index (χ1) is 17.0. The molecule has 0 bridgehead atoms. The SMILES string of the molecule is O=C(N[C@H]1CCC[C@H]1C(=O)N[C@H]1CCC[C@@H](C(=O)O)C1)OCC1c2ccccc2-c2ccccc21. The number of aliphatic carboxylic acids is 1. The molecule has 0 saturated heterocycles. The Labute approximate surface area is 205 Å². The second-order valence-corrected chi connectivity index (χ2v) is 10.0. The first kappa shape index (κ1) is 23.4. The number of hydrogen-bond acceptors (Lipinski definition) is 4. The highest BCUT2D eigenvalue weighted by Crippen LogP contribution is 2.44. The van der Waals surface area contributed by atoms with Gasteiger partial charge in [0, 0.05) is 18.0 Å². The Morgan fingerprint density at radius 3 is 2.20 bits per heavy atom. The number of carbonyl (C=O) groups is 3. The number of carboxylic acid groups (broad SMARTS) is 1. The van der Waals surface area contributed by atoms with Crippen LogP contribution < -0.4 is 10.6 Å². The van der Waals surface area contributed by atoms with Crippen LogP contribution in [0.1, 0.15) is 62.0 Å². The van der Waals surface area contributed by atoms with Crippen LogP contribution in [-0.4, -0.2) is 41.8 Å². The van der Waals surface area contributed by atoms with Crippen molar-refractivity contribution in [3.8, 4) is 11.1 Å². The van der Waals surface area contributed by atoms with E-state index in [1.54, 1.807) is 0 Å². The van der Waals surface area contributed by atoms with E-state index >= 15 is 0 Å². The van der Waals surface area contributed by atoms with Crippen molar-refractivity contribution < 1.29 is 24.2 Å². The van der Waals surface area contributed by atoms with E-state index in [-0.39, 0.29) is 36.4 Å². The quantitative estimate of drug-likeness (QED) is 0.571. The molecule has 0 spiro atoms. The fraction of sp³-hybridized carbons (Fsp3) is 0.464. The Hall–Kier alpha value is -3.35. The number of carboxylic acids is 1. The van der Waals surface area contributed by atoms with Gasteiger partial charge >= 0.3 is 12.1 Å². The van der Waals surface area contributed by atoms with E-state index in [9.17, 15) is 19.5 Å². The van der Waals surface area contributed by atoms with Gasteiger partial charge in [0.15, 0.2) is 0 Å². The molecule has 184 valence electrons. The van der Waals surface area contributed by atoms with E-state index < -0.39 is 18.0 Å². The molecule has 3 aliphatic rings. The summed E-state index contributed by atoms with van der Waals surface area (Å²) in [6, 6.07) is 16.0. The standard InChI is InChI=1S/C28H32N2O5/c31-26(29-18-8-5-7-17(15-18)27(32)33)23-13-6-14-25(23)30-28(34)35-16-24-21-11-3-1-9-19(21)20-10-2-4-12-22(20)24/h1-4,9-12,17-18,23-25H,5-8,13-16H2,(H,29,31)(H,30,34)(H,32,33)/t17-,18+,23-,25+/m1/s1. The molecule has 2 saturated carbocycles. The van der Waals surface area contributed by atoms with Crippen LogP contribution in [0.15, 0.2) is 48.5 Å². The van der Waals surface area contributed by atoms with Crippen LogP contribution in [0.2, 0.25) is 0 Å². The summed E-state index contributed by atoms with van der Waals surface area (Å²) < 4.78 is 5.67. The molecule has 4 atom stereocenters. The highest BCUT2D eigenvalue weighted by molar-refractivity contribution is 5.81. The van der Waals surface area contributed by atoms with Crippen molar-refractivity contribution in [1.82, 2.24) is 10.6 Å². The third-order valence-electron chi connectivity index (χ3n) is 7.87. The third kappa shape index (κ3) is 4.90. The van der Waals surface area contributed by atoms with E-state index in [4.69, 9.17) is 4.74 Å². The average Bonchev–Trinajstić information content (AvgIpc) is 3.45. The number of benzene rings is 2. The van der Waals surface area contributed by atoms with Crippen LogP contribution in [0, 0.1) is 11.8 Å². The summed E-state index contributed by atoms with van der Waals surface area (Å²) >= 11 is 0. The second kappa shape index (κ2) is 10.1. The summed E-state index contributed by atoms with van der Waals surface area (Å²) in [6.45, 7) is 0.238. The van der Waals surface area contributed by atoms with Crippen LogP contribution >= 0.6 is 0 Å². The molecular formula is C28H32N2O5. The molecule has 2 fully saturated rings. The maximum Gasteiger partial charge on any atom is 0.407 e. The van der Waals surface area contributed by atoms with Gasteiger partial charge in [-0.1, -0.05) is 61.4 Å². The van der Waals surface area contributed by atoms with Gasteiger partial charge in [-0.2, -0.15) is 0 Å².